The zero-order valence-electron chi connectivity index (χ0n) is 15.7. The number of hydrogen-bond donors (Lipinski definition) is 1. The lowest BCUT2D eigenvalue weighted by Crippen LogP contribution is -2.50. The average molecular weight is 395 g/mol. The lowest BCUT2D eigenvalue weighted by molar-refractivity contribution is -0.148. The molecule has 2 unspecified atom stereocenters. The second-order valence-corrected chi connectivity index (χ2v) is 8.30. The third-order valence-electron chi connectivity index (χ3n) is 5.12. The smallest absolute Gasteiger partial charge is 0.329 e. The number of halogens is 1. The fraction of sp³-hybridized carbons (Fsp3) is 0.600. The normalized spacial score (nSPS) is 23.3. The number of carbonyl (C=O) groups is 2. The predicted molar refractivity (Wildman–Crippen MR) is 105 cm³/mol. The molecule has 7 heteroatoms. The van der Waals surface area contributed by atoms with Crippen molar-refractivity contribution in [3.8, 4) is 0 Å². The van der Waals surface area contributed by atoms with Crippen LogP contribution < -0.4 is 5.32 Å². The summed E-state index contributed by atoms with van der Waals surface area (Å²) in [7, 11) is 0. The Labute approximate surface area is 164 Å². The largest absolute Gasteiger partial charge is 0.464 e. The SMILES string of the molecule is CCCOC(=O)C1CSC(C2CCCCC2)N1C(=O)Nc1cccc(F)c1. The molecule has 1 aliphatic carbocycles. The van der Waals surface area contributed by atoms with Gasteiger partial charge in [-0.05, 0) is 43.4 Å². The van der Waals surface area contributed by atoms with Gasteiger partial charge >= 0.3 is 12.0 Å². The quantitative estimate of drug-likeness (QED) is 0.740. The van der Waals surface area contributed by atoms with Crippen LogP contribution in [-0.4, -0.2) is 40.7 Å². The maximum atomic E-state index is 13.5. The lowest BCUT2D eigenvalue weighted by Gasteiger charge is -2.35. The molecule has 2 aliphatic rings. The number of urea groups is 1. The molecule has 1 saturated heterocycles. The van der Waals surface area contributed by atoms with E-state index in [0.29, 0.717) is 24.0 Å². The Balaban J connectivity index is 1.77. The third kappa shape index (κ3) is 4.94. The van der Waals surface area contributed by atoms with Gasteiger partial charge in [0, 0.05) is 11.4 Å². The molecule has 3 rings (SSSR count). The van der Waals surface area contributed by atoms with Crippen LogP contribution >= 0.6 is 11.8 Å². The van der Waals surface area contributed by atoms with Crippen LogP contribution in [0.25, 0.3) is 0 Å². The second kappa shape index (κ2) is 9.44. The zero-order valence-corrected chi connectivity index (χ0v) is 16.5. The van der Waals surface area contributed by atoms with Crippen molar-refractivity contribution in [3.63, 3.8) is 0 Å². The molecule has 0 radical (unpaired) electrons. The highest BCUT2D eigenvalue weighted by Crippen LogP contribution is 2.41. The fourth-order valence-electron chi connectivity index (χ4n) is 3.80. The summed E-state index contributed by atoms with van der Waals surface area (Å²) in [4.78, 5) is 27.2. The van der Waals surface area contributed by atoms with Crippen LogP contribution in [0.1, 0.15) is 45.4 Å². The molecule has 2 atom stereocenters. The van der Waals surface area contributed by atoms with E-state index >= 15 is 0 Å². The number of esters is 1. The number of rotatable bonds is 5. The monoisotopic (exact) mass is 394 g/mol. The average Bonchev–Trinajstić information content (AvgIpc) is 3.12. The fourth-order valence-corrected chi connectivity index (χ4v) is 5.43. The Kier molecular flexibility index (Phi) is 6.99. The minimum atomic E-state index is -0.595. The van der Waals surface area contributed by atoms with Crippen molar-refractivity contribution < 1.29 is 18.7 Å². The van der Waals surface area contributed by atoms with Crippen molar-refractivity contribution in [2.75, 3.05) is 17.7 Å². The molecule has 0 bridgehead atoms. The zero-order chi connectivity index (χ0) is 19.2. The molecule has 1 saturated carbocycles. The van der Waals surface area contributed by atoms with Crippen LogP contribution in [0.3, 0.4) is 0 Å². The molecular formula is C20H27FN2O3S. The van der Waals surface area contributed by atoms with Crippen molar-refractivity contribution in [3.05, 3.63) is 30.1 Å². The number of anilines is 1. The molecule has 1 aliphatic heterocycles. The van der Waals surface area contributed by atoms with E-state index in [-0.39, 0.29) is 17.4 Å². The molecule has 1 aromatic rings. The molecule has 1 aromatic carbocycles. The summed E-state index contributed by atoms with van der Waals surface area (Å²) in [5.41, 5.74) is 0.389. The highest BCUT2D eigenvalue weighted by atomic mass is 32.2. The van der Waals surface area contributed by atoms with Crippen LogP contribution in [-0.2, 0) is 9.53 Å². The number of nitrogens with one attached hydrogen (secondary N) is 1. The summed E-state index contributed by atoms with van der Waals surface area (Å²) in [5.74, 6) is 0.162. The van der Waals surface area contributed by atoms with E-state index in [9.17, 15) is 14.0 Å². The molecule has 0 aromatic heterocycles. The molecule has 5 nitrogen and oxygen atoms in total. The first-order chi connectivity index (χ1) is 13.1. The van der Waals surface area contributed by atoms with Crippen molar-refractivity contribution in [1.82, 2.24) is 4.90 Å². The number of benzene rings is 1. The Morgan fingerprint density at radius 1 is 1.30 bits per heavy atom. The molecule has 1 N–H and O–H groups in total. The first kappa shape index (κ1) is 20.0. The Morgan fingerprint density at radius 2 is 2.07 bits per heavy atom. The number of ether oxygens (including phenoxy) is 1. The molecule has 2 fully saturated rings. The maximum absolute atomic E-state index is 13.5. The standard InChI is InChI=1S/C20H27FN2O3S/c1-2-11-26-19(24)17-13-27-18(14-7-4-3-5-8-14)23(17)20(25)22-16-10-6-9-15(21)12-16/h6,9-10,12,14,17-18H,2-5,7-8,11,13H2,1H3,(H,22,25). The molecule has 1 heterocycles. The number of hydrogen-bond acceptors (Lipinski definition) is 4. The Morgan fingerprint density at radius 3 is 2.78 bits per heavy atom. The minimum absolute atomic E-state index is 0.0435. The summed E-state index contributed by atoms with van der Waals surface area (Å²) in [6.07, 6.45) is 6.42. The first-order valence-corrected chi connectivity index (χ1v) is 10.8. The van der Waals surface area contributed by atoms with Gasteiger partial charge in [0.05, 0.1) is 12.0 Å². The summed E-state index contributed by atoms with van der Waals surface area (Å²) < 4.78 is 18.8. The summed E-state index contributed by atoms with van der Waals surface area (Å²) in [6.45, 7) is 2.30. The third-order valence-corrected chi connectivity index (χ3v) is 6.58. The van der Waals surface area contributed by atoms with Gasteiger partial charge in [0.2, 0.25) is 0 Å². The van der Waals surface area contributed by atoms with Gasteiger partial charge in [0.25, 0.3) is 0 Å². The van der Waals surface area contributed by atoms with Crippen molar-refractivity contribution in [2.45, 2.75) is 56.9 Å². The molecule has 2 amide bonds. The van der Waals surface area contributed by atoms with Gasteiger partial charge in [-0.3, -0.25) is 4.90 Å². The van der Waals surface area contributed by atoms with E-state index in [2.05, 4.69) is 5.32 Å². The highest BCUT2D eigenvalue weighted by molar-refractivity contribution is 8.00. The van der Waals surface area contributed by atoms with Crippen LogP contribution in [0.15, 0.2) is 24.3 Å². The summed E-state index contributed by atoms with van der Waals surface area (Å²) in [5, 5.41) is 2.72. The van der Waals surface area contributed by atoms with Gasteiger partial charge in [-0.25, -0.2) is 14.0 Å². The Bertz CT molecular complexity index is 666. The topological polar surface area (TPSA) is 58.6 Å². The van der Waals surface area contributed by atoms with Gasteiger partial charge in [-0.2, -0.15) is 0 Å². The lowest BCUT2D eigenvalue weighted by atomic mass is 9.88. The van der Waals surface area contributed by atoms with Gasteiger partial charge in [0.15, 0.2) is 0 Å². The maximum Gasteiger partial charge on any atom is 0.329 e. The highest BCUT2D eigenvalue weighted by Gasteiger charge is 2.45. The number of amides is 2. The van der Waals surface area contributed by atoms with Gasteiger partial charge in [0.1, 0.15) is 11.9 Å². The first-order valence-electron chi connectivity index (χ1n) is 9.73. The minimum Gasteiger partial charge on any atom is -0.464 e. The molecular weight excluding hydrogens is 367 g/mol. The van der Waals surface area contributed by atoms with Crippen LogP contribution in [0.4, 0.5) is 14.9 Å². The van der Waals surface area contributed by atoms with E-state index in [1.807, 2.05) is 6.92 Å². The number of carbonyl (C=O) groups excluding carboxylic acids is 2. The second-order valence-electron chi connectivity index (χ2n) is 7.15. The van der Waals surface area contributed by atoms with Gasteiger partial charge < -0.3 is 10.1 Å². The number of nitrogens with zero attached hydrogens (tertiary/aromatic N) is 1. The molecule has 0 spiro atoms. The van der Waals surface area contributed by atoms with E-state index in [1.54, 1.807) is 28.8 Å². The van der Waals surface area contributed by atoms with E-state index in [1.165, 1.54) is 18.6 Å². The summed E-state index contributed by atoms with van der Waals surface area (Å²) >= 11 is 1.66. The molecule has 27 heavy (non-hydrogen) atoms. The van der Waals surface area contributed by atoms with Gasteiger partial charge in [-0.1, -0.05) is 32.3 Å². The summed E-state index contributed by atoms with van der Waals surface area (Å²) in [6, 6.07) is 4.85. The van der Waals surface area contributed by atoms with Crippen LogP contribution in [0.5, 0.6) is 0 Å². The van der Waals surface area contributed by atoms with E-state index < -0.39 is 11.9 Å². The van der Waals surface area contributed by atoms with Crippen molar-refractivity contribution in [2.24, 2.45) is 5.92 Å². The van der Waals surface area contributed by atoms with Crippen molar-refractivity contribution >= 4 is 29.4 Å². The van der Waals surface area contributed by atoms with E-state index in [4.69, 9.17) is 4.74 Å². The number of thioether (sulfide) groups is 1. The van der Waals surface area contributed by atoms with E-state index in [0.717, 1.165) is 32.1 Å². The predicted octanol–water partition coefficient (Wildman–Crippen LogP) is 4.63. The van der Waals surface area contributed by atoms with Crippen LogP contribution in [0, 0.1) is 11.7 Å². The molecule has 148 valence electrons. The Hall–Kier alpha value is -1.76. The van der Waals surface area contributed by atoms with Crippen molar-refractivity contribution in [1.29, 1.82) is 0 Å². The van der Waals surface area contributed by atoms with Gasteiger partial charge in [-0.15, -0.1) is 11.8 Å². The van der Waals surface area contributed by atoms with Crippen LogP contribution in [0.2, 0.25) is 0 Å².